The van der Waals surface area contributed by atoms with Gasteiger partial charge in [-0.15, -0.1) is 0 Å². The second-order valence-corrected chi connectivity index (χ2v) is 2.73. The van der Waals surface area contributed by atoms with Gasteiger partial charge in [-0.25, -0.2) is 0 Å². The first-order valence-corrected chi connectivity index (χ1v) is 3.87. The van der Waals surface area contributed by atoms with E-state index < -0.39 is 0 Å². The predicted molar refractivity (Wildman–Crippen MR) is 48.1 cm³/mol. The van der Waals surface area contributed by atoms with Crippen LogP contribution in [0.3, 0.4) is 0 Å². The van der Waals surface area contributed by atoms with Crippen LogP contribution in [0.25, 0.3) is 0 Å². The number of rotatable bonds is 1. The molecule has 0 saturated heterocycles. The standard InChI is InChI=1S/C11H10/c1-2-6-10(5-1)9-11-7-3-4-8-11/h1-10H. The molecule has 11 heavy (non-hydrogen) atoms. The van der Waals surface area contributed by atoms with Gasteiger partial charge in [0.25, 0.3) is 0 Å². The third-order valence-electron chi connectivity index (χ3n) is 1.85. The lowest BCUT2D eigenvalue weighted by Gasteiger charge is -1.96. The van der Waals surface area contributed by atoms with Crippen LogP contribution in [0.1, 0.15) is 0 Å². The maximum absolute atomic E-state index is 2.25. The average Bonchev–Trinajstić information content (AvgIpc) is 2.60. The summed E-state index contributed by atoms with van der Waals surface area (Å²) in [4.78, 5) is 0. The van der Waals surface area contributed by atoms with E-state index in [0.717, 1.165) is 0 Å². The summed E-state index contributed by atoms with van der Waals surface area (Å²) in [5.74, 6) is 0.511. The van der Waals surface area contributed by atoms with Crippen LogP contribution in [0.5, 0.6) is 0 Å². The summed E-state index contributed by atoms with van der Waals surface area (Å²) in [5.41, 5.74) is 1.31. The largest absolute Gasteiger partial charge is 0.0738 e. The lowest BCUT2D eigenvalue weighted by atomic mass is 10.1. The first kappa shape index (κ1) is 6.41. The molecule has 0 aromatic heterocycles. The average molecular weight is 142 g/mol. The molecule has 0 amide bonds. The van der Waals surface area contributed by atoms with E-state index in [4.69, 9.17) is 0 Å². The van der Waals surface area contributed by atoms with Gasteiger partial charge in [-0.2, -0.15) is 0 Å². The second kappa shape index (κ2) is 2.75. The number of allylic oxidation sites excluding steroid dienone is 10. The highest BCUT2D eigenvalue weighted by Gasteiger charge is 2.00. The van der Waals surface area contributed by atoms with E-state index >= 15 is 0 Å². The Balaban J connectivity index is 2.14. The van der Waals surface area contributed by atoms with Gasteiger partial charge >= 0.3 is 0 Å². The van der Waals surface area contributed by atoms with E-state index in [1.165, 1.54) is 5.57 Å². The number of hydrogen-bond acceptors (Lipinski definition) is 0. The van der Waals surface area contributed by atoms with Crippen molar-refractivity contribution in [1.82, 2.24) is 0 Å². The molecule has 2 aliphatic rings. The van der Waals surface area contributed by atoms with Gasteiger partial charge in [-0.1, -0.05) is 54.7 Å². The molecule has 0 saturated carbocycles. The van der Waals surface area contributed by atoms with E-state index in [9.17, 15) is 0 Å². The third kappa shape index (κ3) is 1.40. The maximum atomic E-state index is 2.25. The van der Waals surface area contributed by atoms with Crippen LogP contribution in [-0.4, -0.2) is 0 Å². The molecule has 0 aromatic carbocycles. The minimum Gasteiger partial charge on any atom is -0.0738 e. The van der Waals surface area contributed by atoms with Crippen LogP contribution >= 0.6 is 0 Å². The van der Waals surface area contributed by atoms with Gasteiger partial charge < -0.3 is 0 Å². The van der Waals surface area contributed by atoms with E-state index in [1.807, 2.05) is 0 Å². The van der Waals surface area contributed by atoms with E-state index in [2.05, 4.69) is 54.7 Å². The molecule has 0 aliphatic heterocycles. The molecule has 0 spiro atoms. The zero-order valence-electron chi connectivity index (χ0n) is 6.27. The van der Waals surface area contributed by atoms with Crippen molar-refractivity contribution in [3.63, 3.8) is 0 Å². The molecule has 54 valence electrons. The van der Waals surface area contributed by atoms with Gasteiger partial charge in [-0.05, 0) is 5.57 Å². The van der Waals surface area contributed by atoms with Crippen molar-refractivity contribution >= 4 is 0 Å². The van der Waals surface area contributed by atoms with Gasteiger partial charge in [0.1, 0.15) is 0 Å². The molecule has 0 atom stereocenters. The van der Waals surface area contributed by atoms with Crippen molar-refractivity contribution in [2.24, 2.45) is 5.92 Å². The minimum absolute atomic E-state index is 0.511. The van der Waals surface area contributed by atoms with Crippen LogP contribution in [0, 0.1) is 5.92 Å². The number of hydrogen-bond donors (Lipinski definition) is 0. The van der Waals surface area contributed by atoms with Gasteiger partial charge in [0.15, 0.2) is 0 Å². The molecule has 2 aliphatic carbocycles. The molecule has 0 radical (unpaired) electrons. The zero-order valence-corrected chi connectivity index (χ0v) is 6.27. The summed E-state index contributed by atoms with van der Waals surface area (Å²) in [6.07, 6.45) is 19.2. The van der Waals surface area contributed by atoms with Crippen LogP contribution in [-0.2, 0) is 0 Å². The minimum atomic E-state index is 0.511. The van der Waals surface area contributed by atoms with Crippen molar-refractivity contribution in [2.75, 3.05) is 0 Å². The highest BCUT2D eigenvalue weighted by atomic mass is 14.0. The first-order chi connectivity index (χ1) is 5.45. The fourth-order valence-corrected chi connectivity index (χ4v) is 1.28. The third-order valence-corrected chi connectivity index (χ3v) is 1.85. The Hall–Kier alpha value is -1.30. The lowest BCUT2D eigenvalue weighted by molar-refractivity contribution is 1.08. The van der Waals surface area contributed by atoms with Crippen molar-refractivity contribution in [3.8, 4) is 0 Å². The Morgan fingerprint density at radius 3 is 2.18 bits per heavy atom. The summed E-state index contributed by atoms with van der Waals surface area (Å²) in [6.45, 7) is 0. The van der Waals surface area contributed by atoms with Gasteiger partial charge in [0, 0.05) is 5.92 Å². The molecule has 2 rings (SSSR count). The van der Waals surface area contributed by atoms with Crippen molar-refractivity contribution < 1.29 is 0 Å². The van der Waals surface area contributed by atoms with E-state index in [-0.39, 0.29) is 0 Å². The Kier molecular flexibility index (Phi) is 1.60. The van der Waals surface area contributed by atoms with Crippen molar-refractivity contribution in [1.29, 1.82) is 0 Å². The SMILES string of the molecule is C1=CC(=CC2C=CC=C2)C=C1. The summed E-state index contributed by atoms with van der Waals surface area (Å²) < 4.78 is 0. The molecule has 0 heteroatoms. The molecule has 0 heterocycles. The Morgan fingerprint density at radius 1 is 0.909 bits per heavy atom. The molecular formula is C11H10. The first-order valence-electron chi connectivity index (χ1n) is 3.87. The second-order valence-electron chi connectivity index (χ2n) is 2.73. The Bertz CT molecular complexity index is 259. The van der Waals surface area contributed by atoms with Crippen LogP contribution in [0.15, 0.2) is 60.3 Å². The van der Waals surface area contributed by atoms with Crippen LogP contribution < -0.4 is 0 Å². The Morgan fingerprint density at radius 2 is 1.55 bits per heavy atom. The smallest absolute Gasteiger partial charge is 0.0142 e. The monoisotopic (exact) mass is 142 g/mol. The topological polar surface area (TPSA) is 0 Å². The normalized spacial score (nSPS) is 20.5. The van der Waals surface area contributed by atoms with E-state index in [1.54, 1.807) is 0 Å². The molecule has 0 aromatic rings. The fourth-order valence-electron chi connectivity index (χ4n) is 1.28. The predicted octanol–water partition coefficient (Wildman–Crippen LogP) is 2.78. The van der Waals surface area contributed by atoms with Crippen LogP contribution in [0.2, 0.25) is 0 Å². The molecular weight excluding hydrogens is 132 g/mol. The summed E-state index contributed by atoms with van der Waals surface area (Å²) in [5, 5.41) is 0. The zero-order chi connectivity index (χ0) is 7.52. The highest BCUT2D eigenvalue weighted by Crippen LogP contribution is 2.16. The molecule has 0 fully saturated rings. The Labute approximate surface area is 66.9 Å². The van der Waals surface area contributed by atoms with Crippen LogP contribution in [0.4, 0.5) is 0 Å². The summed E-state index contributed by atoms with van der Waals surface area (Å²) in [7, 11) is 0. The molecule has 0 unspecified atom stereocenters. The van der Waals surface area contributed by atoms with E-state index in [0.29, 0.717) is 5.92 Å². The van der Waals surface area contributed by atoms with Gasteiger partial charge in [-0.3, -0.25) is 0 Å². The highest BCUT2D eigenvalue weighted by molar-refractivity contribution is 5.42. The summed E-state index contributed by atoms with van der Waals surface area (Å²) >= 11 is 0. The van der Waals surface area contributed by atoms with Crippen molar-refractivity contribution in [2.45, 2.75) is 0 Å². The maximum Gasteiger partial charge on any atom is 0.0142 e. The van der Waals surface area contributed by atoms with Gasteiger partial charge in [0.05, 0.1) is 0 Å². The molecule has 0 bridgehead atoms. The van der Waals surface area contributed by atoms with Gasteiger partial charge in [0.2, 0.25) is 0 Å². The quantitative estimate of drug-likeness (QED) is 0.528. The molecule has 0 N–H and O–H groups in total. The summed E-state index contributed by atoms with van der Waals surface area (Å²) in [6, 6.07) is 0. The van der Waals surface area contributed by atoms with Crippen molar-refractivity contribution in [3.05, 3.63) is 60.3 Å². The molecule has 0 nitrogen and oxygen atoms in total. The lowest BCUT2D eigenvalue weighted by Crippen LogP contribution is -1.82. The fraction of sp³-hybridized carbons (Fsp3) is 0.0909.